The molecule has 0 amide bonds. The van der Waals surface area contributed by atoms with Crippen molar-refractivity contribution in [2.24, 2.45) is 0 Å². The van der Waals surface area contributed by atoms with E-state index in [-0.39, 0.29) is 11.8 Å². The molecule has 6 nitrogen and oxygen atoms in total. The fraction of sp³-hybridized carbons (Fsp3) is 0.700. The van der Waals surface area contributed by atoms with Crippen molar-refractivity contribution in [3.8, 4) is 0 Å². The quantitative estimate of drug-likeness (QED) is 0.590. The van der Waals surface area contributed by atoms with Crippen LogP contribution in [-0.4, -0.2) is 37.7 Å². The highest BCUT2D eigenvalue weighted by atomic mass is 32.2. The zero-order valence-electron chi connectivity index (χ0n) is 10.2. The first-order valence-electron chi connectivity index (χ1n) is 5.73. The molecule has 98 valence electrons. The van der Waals surface area contributed by atoms with Gasteiger partial charge < -0.3 is 10.3 Å². The van der Waals surface area contributed by atoms with E-state index in [2.05, 4.69) is 20.0 Å². The minimum absolute atomic E-state index is 0.130. The van der Waals surface area contributed by atoms with Crippen LogP contribution < -0.4 is 10.0 Å². The van der Waals surface area contributed by atoms with E-state index in [4.69, 9.17) is 0 Å². The zero-order chi connectivity index (χ0) is 12.7. The maximum Gasteiger partial charge on any atom is 0.212 e. The second-order valence-electron chi connectivity index (χ2n) is 3.83. The van der Waals surface area contributed by atoms with E-state index in [1.807, 2.05) is 6.92 Å². The summed E-state index contributed by atoms with van der Waals surface area (Å²) in [5, 5.41) is 2.92. The van der Waals surface area contributed by atoms with Crippen molar-refractivity contribution in [3.05, 3.63) is 18.2 Å². The number of rotatable bonds is 8. The minimum Gasteiger partial charge on any atom is -0.347 e. The van der Waals surface area contributed by atoms with Gasteiger partial charge >= 0.3 is 0 Å². The summed E-state index contributed by atoms with van der Waals surface area (Å²) in [6, 6.07) is -0.274. The molecule has 0 aliphatic rings. The molecule has 0 aromatic carbocycles. The highest BCUT2D eigenvalue weighted by molar-refractivity contribution is 7.89. The lowest BCUT2D eigenvalue weighted by Gasteiger charge is -2.14. The van der Waals surface area contributed by atoms with Gasteiger partial charge in [0.15, 0.2) is 0 Å². The first-order chi connectivity index (χ1) is 8.09. The summed E-state index contributed by atoms with van der Waals surface area (Å²) < 4.78 is 26.2. The molecule has 0 bridgehead atoms. The number of aromatic amines is 1. The molecule has 3 N–H and O–H groups in total. The summed E-state index contributed by atoms with van der Waals surface area (Å²) >= 11 is 0. The third-order valence-corrected chi connectivity index (χ3v) is 3.89. The lowest BCUT2D eigenvalue weighted by atomic mass is 10.2. The van der Waals surface area contributed by atoms with Gasteiger partial charge in [0.1, 0.15) is 5.82 Å². The van der Waals surface area contributed by atoms with Crippen LogP contribution >= 0.6 is 0 Å². The van der Waals surface area contributed by atoms with E-state index in [9.17, 15) is 8.42 Å². The van der Waals surface area contributed by atoms with Crippen molar-refractivity contribution in [3.63, 3.8) is 0 Å². The summed E-state index contributed by atoms with van der Waals surface area (Å²) in [4.78, 5) is 7.00. The Bertz CT molecular complexity index is 402. The van der Waals surface area contributed by atoms with Crippen molar-refractivity contribution in [2.75, 3.05) is 19.3 Å². The summed E-state index contributed by atoms with van der Waals surface area (Å²) in [7, 11) is -1.44. The molecule has 1 atom stereocenters. The summed E-state index contributed by atoms with van der Waals surface area (Å²) in [5.74, 6) is 0.787. The van der Waals surface area contributed by atoms with E-state index in [0.717, 1.165) is 0 Å². The Kier molecular flexibility index (Phi) is 5.60. The topological polar surface area (TPSA) is 86.9 Å². The molecule has 0 saturated heterocycles. The molecule has 1 unspecified atom stereocenters. The van der Waals surface area contributed by atoms with Crippen molar-refractivity contribution in [1.29, 1.82) is 0 Å². The van der Waals surface area contributed by atoms with Gasteiger partial charge in [-0.05, 0) is 26.4 Å². The van der Waals surface area contributed by atoms with Crippen LogP contribution in [0, 0.1) is 0 Å². The molecule has 1 heterocycles. The molecular weight excluding hydrogens is 240 g/mol. The Balaban J connectivity index is 2.56. The predicted octanol–water partition coefficient (Wildman–Crippen LogP) is 0.390. The molecule has 0 aliphatic heterocycles. The standard InChI is InChI=1S/C10H20N4O2S/c1-3-9(10-12-6-7-13-10)14-17(15,16)8-4-5-11-2/h6-7,9,11,14H,3-5,8H2,1-2H3,(H,12,13). The first kappa shape index (κ1) is 14.1. The van der Waals surface area contributed by atoms with Crippen LogP contribution in [-0.2, 0) is 10.0 Å². The van der Waals surface area contributed by atoms with E-state index in [1.54, 1.807) is 19.4 Å². The number of hydrogen-bond donors (Lipinski definition) is 3. The number of H-pyrrole nitrogens is 1. The minimum atomic E-state index is -3.24. The van der Waals surface area contributed by atoms with E-state index < -0.39 is 10.0 Å². The zero-order valence-corrected chi connectivity index (χ0v) is 11.0. The lowest BCUT2D eigenvalue weighted by Crippen LogP contribution is -2.31. The van der Waals surface area contributed by atoms with E-state index in [0.29, 0.717) is 25.2 Å². The first-order valence-corrected chi connectivity index (χ1v) is 7.38. The van der Waals surface area contributed by atoms with Crippen LogP contribution in [0.25, 0.3) is 0 Å². The van der Waals surface area contributed by atoms with Crippen LogP contribution in [0.4, 0.5) is 0 Å². The Morgan fingerprint density at radius 3 is 2.82 bits per heavy atom. The maximum absolute atomic E-state index is 11.8. The third kappa shape index (κ3) is 4.84. The second-order valence-corrected chi connectivity index (χ2v) is 5.70. The molecule has 1 rings (SSSR count). The largest absolute Gasteiger partial charge is 0.347 e. The van der Waals surface area contributed by atoms with Gasteiger partial charge in [0.05, 0.1) is 11.8 Å². The number of sulfonamides is 1. The van der Waals surface area contributed by atoms with Crippen LogP contribution in [0.5, 0.6) is 0 Å². The average Bonchev–Trinajstić information content (AvgIpc) is 2.79. The Morgan fingerprint density at radius 2 is 2.29 bits per heavy atom. The van der Waals surface area contributed by atoms with Crippen LogP contribution in [0.15, 0.2) is 12.4 Å². The SMILES string of the molecule is CCC(NS(=O)(=O)CCCNC)c1ncc[nH]1. The van der Waals surface area contributed by atoms with Crippen LogP contribution in [0.1, 0.15) is 31.6 Å². The molecule has 0 fully saturated rings. The summed E-state index contributed by atoms with van der Waals surface area (Å²) in [6.07, 6.45) is 4.57. The van der Waals surface area contributed by atoms with Gasteiger partial charge in [-0.2, -0.15) is 0 Å². The van der Waals surface area contributed by atoms with Gasteiger partial charge in [0.2, 0.25) is 10.0 Å². The molecule has 7 heteroatoms. The van der Waals surface area contributed by atoms with Crippen LogP contribution in [0.2, 0.25) is 0 Å². The Hall–Kier alpha value is -0.920. The number of aromatic nitrogens is 2. The van der Waals surface area contributed by atoms with Gasteiger partial charge in [0.25, 0.3) is 0 Å². The van der Waals surface area contributed by atoms with Gasteiger partial charge in [0, 0.05) is 12.4 Å². The molecule has 17 heavy (non-hydrogen) atoms. The molecule has 1 aromatic rings. The van der Waals surface area contributed by atoms with Gasteiger partial charge in [-0.3, -0.25) is 0 Å². The van der Waals surface area contributed by atoms with E-state index in [1.165, 1.54) is 0 Å². The normalized spacial score (nSPS) is 13.8. The van der Waals surface area contributed by atoms with Crippen molar-refractivity contribution in [1.82, 2.24) is 20.0 Å². The Labute approximate surface area is 102 Å². The van der Waals surface area contributed by atoms with Gasteiger partial charge in [-0.1, -0.05) is 6.92 Å². The molecule has 0 aliphatic carbocycles. The highest BCUT2D eigenvalue weighted by Crippen LogP contribution is 2.12. The molecule has 0 spiro atoms. The number of nitrogens with zero attached hydrogens (tertiary/aromatic N) is 1. The fourth-order valence-electron chi connectivity index (χ4n) is 1.52. The maximum atomic E-state index is 11.8. The van der Waals surface area contributed by atoms with E-state index >= 15 is 0 Å². The Morgan fingerprint density at radius 1 is 1.53 bits per heavy atom. The molecular formula is C10H20N4O2S. The lowest BCUT2D eigenvalue weighted by molar-refractivity contribution is 0.536. The number of nitrogens with one attached hydrogen (secondary N) is 3. The highest BCUT2D eigenvalue weighted by Gasteiger charge is 2.19. The molecule has 0 saturated carbocycles. The van der Waals surface area contributed by atoms with Crippen molar-refractivity contribution >= 4 is 10.0 Å². The number of imidazole rings is 1. The third-order valence-electron chi connectivity index (χ3n) is 2.42. The predicted molar refractivity (Wildman–Crippen MR) is 67.1 cm³/mol. The van der Waals surface area contributed by atoms with Gasteiger partial charge in [-0.15, -0.1) is 0 Å². The van der Waals surface area contributed by atoms with Crippen molar-refractivity contribution in [2.45, 2.75) is 25.8 Å². The fourth-order valence-corrected chi connectivity index (χ4v) is 2.87. The molecule has 0 radical (unpaired) electrons. The summed E-state index contributed by atoms with van der Waals surface area (Å²) in [6.45, 7) is 2.61. The van der Waals surface area contributed by atoms with Crippen LogP contribution in [0.3, 0.4) is 0 Å². The van der Waals surface area contributed by atoms with Gasteiger partial charge in [-0.25, -0.2) is 18.1 Å². The summed E-state index contributed by atoms with van der Waals surface area (Å²) in [5.41, 5.74) is 0. The van der Waals surface area contributed by atoms with Crippen molar-refractivity contribution < 1.29 is 8.42 Å². The second kappa shape index (κ2) is 6.73. The average molecular weight is 260 g/mol. The number of hydrogen-bond acceptors (Lipinski definition) is 4. The smallest absolute Gasteiger partial charge is 0.212 e. The molecule has 1 aromatic heterocycles. The monoisotopic (exact) mass is 260 g/mol.